The van der Waals surface area contributed by atoms with Crippen LogP contribution in [0.3, 0.4) is 0 Å². The molecule has 2 rings (SSSR count). The number of hydrogen-bond acceptors (Lipinski definition) is 10. The van der Waals surface area contributed by atoms with Crippen LogP contribution in [-0.2, 0) is 46.4 Å². The third kappa shape index (κ3) is 16.1. The number of unbranched alkanes of at least 4 members (excludes halogenated alkanes) is 1. The van der Waals surface area contributed by atoms with Crippen molar-refractivity contribution in [2.75, 3.05) is 19.6 Å². The van der Waals surface area contributed by atoms with Gasteiger partial charge in [0.15, 0.2) is 0 Å². The first-order valence-electron chi connectivity index (χ1n) is 17.4. The van der Waals surface area contributed by atoms with Gasteiger partial charge in [0.2, 0.25) is 35.4 Å². The van der Waals surface area contributed by atoms with Crippen molar-refractivity contribution in [2.24, 2.45) is 17.4 Å². The summed E-state index contributed by atoms with van der Waals surface area (Å²) in [5.74, 6) is -5.70. The van der Waals surface area contributed by atoms with Gasteiger partial charge >= 0.3 is 5.97 Å². The van der Waals surface area contributed by atoms with Gasteiger partial charge in [-0.25, -0.2) is 4.79 Å². The lowest BCUT2D eigenvalue weighted by Crippen LogP contribution is -2.57. The van der Waals surface area contributed by atoms with Crippen LogP contribution >= 0.6 is 0 Å². The van der Waals surface area contributed by atoms with E-state index in [1.807, 2.05) is 0 Å². The standard InChI is InChI=1S/C36H52N8O9/c1-21(2)31(44-30(47)20-40-33(49)26(38)17-24-12-14-25(45)15-13-24)35(51)41-22(3)32(48)39-19-29(46)42-28(18-23-9-5-4-6-10-23)34(50)43-27(36(52)53)11-7-8-16-37/h4-6,9-10,12-15,21-22,26-28,31,45H,7-8,11,16-20,37-38H2,1-3H3,(H,39,48)(H,40,49)(H,41,51)(H,42,46)(H,43,50)(H,44,47)(H,52,53)/t22-,26-,27-,28-,31-/m0/s1. The summed E-state index contributed by atoms with van der Waals surface area (Å²) in [7, 11) is 0. The summed E-state index contributed by atoms with van der Waals surface area (Å²) < 4.78 is 0. The number of rotatable bonds is 22. The van der Waals surface area contributed by atoms with Gasteiger partial charge in [0, 0.05) is 6.42 Å². The number of carbonyl (C=O) groups is 7. The molecule has 0 aliphatic rings. The molecule has 0 fully saturated rings. The molecule has 290 valence electrons. The summed E-state index contributed by atoms with van der Waals surface area (Å²) in [5.41, 5.74) is 12.8. The molecule has 0 spiro atoms. The highest BCUT2D eigenvalue weighted by Crippen LogP contribution is 2.11. The first-order valence-corrected chi connectivity index (χ1v) is 17.4. The number of amides is 6. The highest BCUT2D eigenvalue weighted by Gasteiger charge is 2.29. The monoisotopic (exact) mass is 740 g/mol. The molecule has 2 aromatic carbocycles. The molecule has 5 atom stereocenters. The van der Waals surface area contributed by atoms with E-state index in [4.69, 9.17) is 11.5 Å². The van der Waals surface area contributed by atoms with Gasteiger partial charge in [-0.3, -0.25) is 28.8 Å². The minimum atomic E-state index is -1.22. The highest BCUT2D eigenvalue weighted by atomic mass is 16.4. The van der Waals surface area contributed by atoms with Gasteiger partial charge in [0.1, 0.15) is 29.9 Å². The Hall–Kier alpha value is -5.55. The first kappa shape index (κ1) is 43.6. The lowest BCUT2D eigenvalue weighted by atomic mass is 10.0. The van der Waals surface area contributed by atoms with Crippen LogP contribution in [0.25, 0.3) is 0 Å². The number of aromatic hydroxyl groups is 1. The minimum Gasteiger partial charge on any atom is -0.508 e. The smallest absolute Gasteiger partial charge is 0.326 e. The minimum absolute atomic E-state index is 0.0482. The number of carboxylic acid groups (broad SMARTS) is 1. The van der Waals surface area contributed by atoms with Gasteiger partial charge < -0.3 is 53.6 Å². The van der Waals surface area contributed by atoms with E-state index in [0.717, 1.165) is 0 Å². The second-order valence-corrected chi connectivity index (χ2v) is 12.9. The molecular formula is C36H52N8O9. The predicted octanol–water partition coefficient (Wildman–Crippen LogP) is -1.43. The number of carbonyl (C=O) groups excluding carboxylic acids is 6. The first-order chi connectivity index (χ1) is 25.1. The number of phenolic OH excluding ortho intramolecular Hbond substituents is 1. The van der Waals surface area contributed by atoms with Gasteiger partial charge in [-0.1, -0.05) is 56.3 Å². The second kappa shape index (κ2) is 22.4. The molecule has 12 N–H and O–H groups in total. The van der Waals surface area contributed by atoms with Gasteiger partial charge in [0.05, 0.1) is 19.1 Å². The van der Waals surface area contributed by atoms with Crippen molar-refractivity contribution in [3.8, 4) is 5.75 Å². The zero-order chi connectivity index (χ0) is 39.5. The van der Waals surface area contributed by atoms with Crippen molar-refractivity contribution in [3.05, 3.63) is 65.7 Å². The molecule has 0 unspecified atom stereocenters. The van der Waals surface area contributed by atoms with E-state index in [-0.39, 0.29) is 25.0 Å². The van der Waals surface area contributed by atoms with Crippen LogP contribution in [-0.4, -0.2) is 101 Å². The van der Waals surface area contributed by atoms with Crippen molar-refractivity contribution < 1.29 is 43.8 Å². The van der Waals surface area contributed by atoms with Crippen LogP contribution in [0.4, 0.5) is 0 Å². The number of nitrogens with two attached hydrogens (primary N) is 2. The zero-order valence-corrected chi connectivity index (χ0v) is 30.2. The molecule has 2 aromatic rings. The molecule has 0 bridgehead atoms. The van der Waals surface area contributed by atoms with Gasteiger partial charge in [-0.05, 0) is 68.3 Å². The summed E-state index contributed by atoms with van der Waals surface area (Å²) in [6, 6.07) is 9.40. The molecule has 53 heavy (non-hydrogen) atoms. The van der Waals surface area contributed by atoms with Gasteiger partial charge in [-0.15, -0.1) is 0 Å². The summed E-state index contributed by atoms with van der Waals surface area (Å²) in [5, 5.41) is 33.9. The molecule has 17 heteroatoms. The van der Waals surface area contributed by atoms with Crippen LogP contribution in [0, 0.1) is 5.92 Å². The fraction of sp³-hybridized carbons (Fsp3) is 0.472. The Bertz CT molecular complexity index is 1540. The number of carboxylic acids is 1. The van der Waals surface area contributed by atoms with E-state index in [2.05, 4.69) is 31.9 Å². The molecule has 0 saturated carbocycles. The normalized spacial score (nSPS) is 13.7. The largest absolute Gasteiger partial charge is 0.508 e. The summed E-state index contributed by atoms with van der Waals surface area (Å²) >= 11 is 0. The highest BCUT2D eigenvalue weighted by molar-refractivity contribution is 5.95. The van der Waals surface area contributed by atoms with Crippen LogP contribution in [0.5, 0.6) is 5.75 Å². The maximum Gasteiger partial charge on any atom is 0.326 e. The van der Waals surface area contributed by atoms with Crippen molar-refractivity contribution in [2.45, 2.75) is 83.1 Å². The van der Waals surface area contributed by atoms with Gasteiger partial charge in [0.25, 0.3) is 0 Å². The number of nitrogens with one attached hydrogen (secondary N) is 6. The van der Waals surface area contributed by atoms with E-state index in [1.165, 1.54) is 19.1 Å². The zero-order valence-electron chi connectivity index (χ0n) is 30.2. The molecule has 0 aromatic heterocycles. The van der Waals surface area contributed by atoms with Crippen molar-refractivity contribution in [3.63, 3.8) is 0 Å². The Morgan fingerprint density at radius 3 is 1.83 bits per heavy atom. The average molecular weight is 741 g/mol. The Balaban J connectivity index is 1.91. The van der Waals surface area contributed by atoms with Crippen molar-refractivity contribution in [1.29, 1.82) is 0 Å². The van der Waals surface area contributed by atoms with E-state index in [1.54, 1.807) is 56.3 Å². The molecule has 6 amide bonds. The Kier molecular flexibility index (Phi) is 18.4. The lowest BCUT2D eigenvalue weighted by Gasteiger charge is -2.24. The third-order valence-electron chi connectivity index (χ3n) is 8.09. The molecule has 0 heterocycles. The molecule has 0 radical (unpaired) electrons. The fourth-order valence-electron chi connectivity index (χ4n) is 5.05. The number of benzene rings is 2. The van der Waals surface area contributed by atoms with E-state index in [9.17, 15) is 43.8 Å². The van der Waals surface area contributed by atoms with Crippen LogP contribution in [0.2, 0.25) is 0 Å². The summed E-state index contributed by atoms with van der Waals surface area (Å²) in [4.78, 5) is 88.7. The molecule has 0 aliphatic carbocycles. The quantitative estimate of drug-likeness (QED) is 0.0625. The second-order valence-electron chi connectivity index (χ2n) is 12.9. The topological polar surface area (TPSA) is 284 Å². The van der Waals surface area contributed by atoms with Crippen LogP contribution in [0.1, 0.15) is 51.2 Å². The molecular weight excluding hydrogens is 688 g/mol. The third-order valence-corrected chi connectivity index (χ3v) is 8.09. The maximum absolute atomic E-state index is 13.2. The number of phenols is 1. The molecule has 0 aliphatic heterocycles. The Morgan fingerprint density at radius 2 is 1.25 bits per heavy atom. The molecule has 17 nitrogen and oxygen atoms in total. The Labute approximate surface area is 308 Å². The van der Waals surface area contributed by atoms with Crippen molar-refractivity contribution >= 4 is 41.4 Å². The SMILES string of the molecule is CC(C)[C@H](NC(=O)CNC(=O)[C@@H](N)Cc1ccc(O)cc1)C(=O)N[C@@H](C)C(=O)NCC(=O)N[C@@H](Cc1ccccc1)C(=O)N[C@@H](CCCCN)C(=O)O. The van der Waals surface area contributed by atoms with Gasteiger partial charge in [-0.2, -0.15) is 0 Å². The van der Waals surface area contributed by atoms with E-state index >= 15 is 0 Å². The summed E-state index contributed by atoms with van der Waals surface area (Å²) in [6.45, 7) is 4.08. The molecule has 0 saturated heterocycles. The summed E-state index contributed by atoms with van der Waals surface area (Å²) in [6.07, 6.45) is 1.42. The van der Waals surface area contributed by atoms with Crippen LogP contribution in [0.15, 0.2) is 54.6 Å². The predicted molar refractivity (Wildman–Crippen MR) is 195 cm³/mol. The number of aliphatic carboxylic acids is 1. The number of hydrogen-bond donors (Lipinski definition) is 10. The fourth-order valence-corrected chi connectivity index (χ4v) is 5.05. The lowest BCUT2D eigenvalue weighted by molar-refractivity contribution is -0.142. The van der Waals surface area contributed by atoms with E-state index in [0.29, 0.717) is 30.5 Å². The average Bonchev–Trinajstić information content (AvgIpc) is 3.12. The van der Waals surface area contributed by atoms with Crippen molar-refractivity contribution in [1.82, 2.24) is 31.9 Å². The maximum atomic E-state index is 13.2. The van der Waals surface area contributed by atoms with Crippen LogP contribution < -0.4 is 43.4 Å². The Morgan fingerprint density at radius 1 is 0.660 bits per heavy atom. The van der Waals surface area contributed by atoms with E-state index < -0.39 is 90.6 Å².